The fraction of sp³-hybridized carbons (Fsp3) is 0.414. The van der Waals surface area contributed by atoms with Gasteiger partial charge in [-0.2, -0.15) is 0 Å². The Morgan fingerprint density at radius 1 is 1.28 bits per heavy atom. The molecule has 0 N–H and O–H groups in total. The van der Waals surface area contributed by atoms with E-state index in [4.69, 9.17) is 4.74 Å². The first-order valence-corrected chi connectivity index (χ1v) is 12.5. The van der Waals surface area contributed by atoms with Crippen LogP contribution < -0.4 is 4.74 Å². The molecule has 7 heteroatoms. The summed E-state index contributed by atoms with van der Waals surface area (Å²) in [5, 5.41) is 0. The summed E-state index contributed by atoms with van der Waals surface area (Å²) in [6.07, 6.45) is 11.2. The number of likely N-dealkylation sites (tertiary alicyclic amines) is 1. The zero-order valence-corrected chi connectivity index (χ0v) is 21.9. The quantitative estimate of drug-likeness (QED) is 0.453. The summed E-state index contributed by atoms with van der Waals surface area (Å²) in [5.41, 5.74) is 2.15. The molecule has 0 bridgehead atoms. The number of methoxy groups -OCH3 is 1. The molecule has 36 heavy (non-hydrogen) atoms. The molecule has 2 aliphatic heterocycles. The van der Waals surface area contributed by atoms with Gasteiger partial charge in [0, 0.05) is 30.9 Å². The number of carbonyl (C=O) groups is 2. The fourth-order valence-electron chi connectivity index (χ4n) is 4.52. The summed E-state index contributed by atoms with van der Waals surface area (Å²) in [6.45, 7) is 10.3. The van der Waals surface area contributed by atoms with Gasteiger partial charge in [-0.3, -0.25) is 9.59 Å². The summed E-state index contributed by atoms with van der Waals surface area (Å²) in [7, 11) is 3.32. The Morgan fingerprint density at radius 3 is 2.69 bits per heavy atom. The molecule has 0 aliphatic carbocycles. The monoisotopic (exact) mass is 493 g/mol. The molecule has 1 atom stereocenters. The van der Waals surface area contributed by atoms with E-state index in [2.05, 4.69) is 18.5 Å². The van der Waals surface area contributed by atoms with Crippen molar-refractivity contribution in [2.24, 2.45) is 4.99 Å². The highest BCUT2D eigenvalue weighted by molar-refractivity contribution is 6.43. The summed E-state index contributed by atoms with van der Waals surface area (Å²) >= 11 is 0. The van der Waals surface area contributed by atoms with Crippen molar-refractivity contribution in [1.29, 1.82) is 0 Å². The van der Waals surface area contributed by atoms with Gasteiger partial charge >= 0.3 is 0 Å². The molecule has 192 valence electrons. The number of ether oxygens (including phenoxy) is 1. The summed E-state index contributed by atoms with van der Waals surface area (Å²) in [4.78, 5) is 33.4. The van der Waals surface area contributed by atoms with Crippen molar-refractivity contribution in [2.45, 2.75) is 58.9 Å². The SMILES string of the molecule is C=C(/C=C1/N=C(C(=O)N2CCCCCC2C)C=C(CC)N1C)c1ccc(OC)c(/C=C/C(C)=O)c1F. The lowest BCUT2D eigenvalue weighted by Gasteiger charge is -2.31. The van der Waals surface area contributed by atoms with Crippen LogP contribution in [0.15, 0.2) is 53.5 Å². The molecule has 2 heterocycles. The first-order valence-electron chi connectivity index (χ1n) is 12.5. The Morgan fingerprint density at radius 2 is 2.03 bits per heavy atom. The van der Waals surface area contributed by atoms with Gasteiger partial charge in [0.05, 0.1) is 12.7 Å². The minimum atomic E-state index is -0.544. The number of rotatable bonds is 7. The molecule has 0 saturated carbocycles. The Kier molecular flexibility index (Phi) is 9.02. The van der Waals surface area contributed by atoms with Crippen LogP contribution in [-0.4, -0.2) is 53.9 Å². The van der Waals surface area contributed by atoms with Crippen LogP contribution in [0.4, 0.5) is 4.39 Å². The zero-order valence-electron chi connectivity index (χ0n) is 21.9. The number of amides is 1. The lowest BCUT2D eigenvalue weighted by Crippen LogP contribution is -2.43. The van der Waals surface area contributed by atoms with E-state index in [0.717, 1.165) is 37.9 Å². The molecule has 0 radical (unpaired) electrons. The first-order chi connectivity index (χ1) is 17.2. The van der Waals surface area contributed by atoms with Gasteiger partial charge in [-0.1, -0.05) is 26.3 Å². The van der Waals surface area contributed by atoms with Crippen molar-refractivity contribution in [3.8, 4) is 5.75 Å². The molecule has 1 unspecified atom stereocenters. The standard InChI is InChI=1S/C29H36FN3O3/c1-7-22-18-25(29(35)33-16-10-8-9-11-20(33)3)31-27(32(22)5)17-19(2)23-14-15-26(36-6)24(28(23)30)13-12-21(4)34/h12-15,17-18,20H,2,7-11,16H2,1,3-6H3/b13-12+,27-17-. The lowest BCUT2D eigenvalue weighted by molar-refractivity contribution is -0.125. The third-order valence-corrected chi connectivity index (χ3v) is 6.70. The van der Waals surface area contributed by atoms with Crippen molar-refractivity contribution in [3.63, 3.8) is 0 Å². The van der Waals surface area contributed by atoms with Gasteiger partial charge in [0.1, 0.15) is 23.1 Å². The maximum absolute atomic E-state index is 15.5. The molecule has 1 aromatic rings. The predicted octanol–water partition coefficient (Wildman–Crippen LogP) is 5.76. The minimum Gasteiger partial charge on any atom is -0.496 e. The number of hydrogen-bond acceptors (Lipinski definition) is 5. The molecule has 0 spiro atoms. The predicted molar refractivity (Wildman–Crippen MR) is 143 cm³/mol. The van der Waals surface area contributed by atoms with Crippen LogP contribution in [0.25, 0.3) is 11.6 Å². The highest BCUT2D eigenvalue weighted by Crippen LogP contribution is 2.31. The number of carbonyl (C=O) groups excluding carboxylic acids is 2. The molecule has 3 rings (SSSR count). The highest BCUT2D eigenvalue weighted by atomic mass is 19.1. The summed E-state index contributed by atoms with van der Waals surface area (Å²) in [6, 6.07) is 3.40. The van der Waals surface area contributed by atoms with Crippen molar-refractivity contribution in [2.75, 3.05) is 20.7 Å². The average molecular weight is 494 g/mol. The van der Waals surface area contributed by atoms with Crippen LogP contribution in [0.1, 0.15) is 64.0 Å². The molecule has 6 nitrogen and oxygen atoms in total. The van der Waals surface area contributed by atoms with Gasteiger partial charge < -0.3 is 14.5 Å². The number of nitrogens with zero attached hydrogens (tertiary/aromatic N) is 3. The molecule has 1 amide bonds. The lowest BCUT2D eigenvalue weighted by atomic mass is 10.0. The van der Waals surface area contributed by atoms with E-state index in [1.54, 1.807) is 18.2 Å². The minimum absolute atomic E-state index is 0.0766. The molecular weight excluding hydrogens is 457 g/mol. The number of benzene rings is 1. The first kappa shape index (κ1) is 27.1. The van der Waals surface area contributed by atoms with Crippen molar-refractivity contribution < 1.29 is 18.7 Å². The number of allylic oxidation sites excluding steroid dienone is 4. The molecule has 1 saturated heterocycles. The van der Waals surface area contributed by atoms with E-state index in [-0.39, 0.29) is 28.9 Å². The Labute approximate surface area is 213 Å². The zero-order chi connectivity index (χ0) is 26.4. The number of aliphatic imine (C=N–C) groups is 1. The average Bonchev–Trinajstić information content (AvgIpc) is 3.07. The third kappa shape index (κ3) is 6.01. The number of halogens is 1. The fourth-order valence-corrected chi connectivity index (χ4v) is 4.52. The van der Waals surface area contributed by atoms with Crippen molar-refractivity contribution in [3.05, 3.63) is 65.4 Å². The van der Waals surface area contributed by atoms with Gasteiger partial charge in [0.15, 0.2) is 5.78 Å². The topological polar surface area (TPSA) is 62.2 Å². The van der Waals surface area contributed by atoms with Crippen LogP contribution in [0, 0.1) is 5.82 Å². The molecule has 1 fully saturated rings. The van der Waals surface area contributed by atoms with Gasteiger partial charge in [-0.05, 0) is 75.1 Å². The maximum atomic E-state index is 15.5. The maximum Gasteiger partial charge on any atom is 0.272 e. The van der Waals surface area contributed by atoms with Crippen LogP contribution >= 0.6 is 0 Å². The van der Waals surface area contributed by atoms with Crippen LogP contribution in [-0.2, 0) is 9.59 Å². The third-order valence-electron chi connectivity index (χ3n) is 6.70. The van der Waals surface area contributed by atoms with Crippen LogP contribution in [0.2, 0.25) is 0 Å². The molecule has 0 aromatic heterocycles. The second kappa shape index (κ2) is 12.0. The van der Waals surface area contributed by atoms with E-state index >= 15 is 4.39 Å². The summed E-state index contributed by atoms with van der Waals surface area (Å²) in [5.74, 6) is 0.0130. The van der Waals surface area contributed by atoms with E-state index in [9.17, 15) is 9.59 Å². The van der Waals surface area contributed by atoms with Crippen molar-refractivity contribution >= 4 is 29.1 Å². The van der Waals surface area contributed by atoms with Gasteiger partial charge in [-0.25, -0.2) is 9.38 Å². The van der Waals surface area contributed by atoms with E-state index in [0.29, 0.717) is 29.3 Å². The Bertz CT molecular complexity index is 1160. The smallest absolute Gasteiger partial charge is 0.272 e. The van der Waals surface area contributed by atoms with Gasteiger partial charge in [-0.15, -0.1) is 0 Å². The Balaban J connectivity index is 2.00. The normalized spacial score (nSPS) is 19.7. The van der Waals surface area contributed by atoms with E-state index < -0.39 is 5.82 Å². The van der Waals surface area contributed by atoms with E-state index in [1.807, 2.05) is 29.8 Å². The van der Waals surface area contributed by atoms with Crippen LogP contribution in [0.3, 0.4) is 0 Å². The summed E-state index contributed by atoms with van der Waals surface area (Å²) < 4.78 is 20.8. The van der Waals surface area contributed by atoms with Crippen LogP contribution in [0.5, 0.6) is 5.75 Å². The van der Waals surface area contributed by atoms with Crippen molar-refractivity contribution in [1.82, 2.24) is 9.80 Å². The largest absolute Gasteiger partial charge is 0.496 e. The second-order valence-corrected chi connectivity index (χ2v) is 9.26. The molecular formula is C29H36FN3O3. The number of hydrogen-bond donors (Lipinski definition) is 0. The molecule has 2 aliphatic rings. The van der Waals surface area contributed by atoms with Gasteiger partial charge in [0.2, 0.25) is 0 Å². The van der Waals surface area contributed by atoms with E-state index in [1.165, 1.54) is 26.2 Å². The molecule has 1 aromatic carbocycles. The Hall–Kier alpha value is -3.48. The highest BCUT2D eigenvalue weighted by Gasteiger charge is 2.28. The second-order valence-electron chi connectivity index (χ2n) is 9.26. The van der Waals surface area contributed by atoms with Gasteiger partial charge in [0.25, 0.3) is 5.91 Å². The number of ketones is 1.